The fourth-order valence-electron chi connectivity index (χ4n) is 0.905. The van der Waals surface area contributed by atoms with Crippen molar-refractivity contribution in [3.63, 3.8) is 0 Å². The average Bonchev–Trinajstić information content (AvgIpc) is 2.00. The Morgan fingerprint density at radius 1 is 0.889 bits per heavy atom. The normalized spacial score (nSPS) is 20.4. The first kappa shape index (κ1) is 6.64. The second-order valence-corrected chi connectivity index (χ2v) is 2.31. The van der Waals surface area contributed by atoms with E-state index in [4.69, 9.17) is 0 Å². The molecule has 1 rings (SSSR count). The Morgan fingerprint density at radius 3 is 2.00 bits per heavy atom. The van der Waals surface area contributed by atoms with Gasteiger partial charge in [-0.1, -0.05) is 0 Å². The van der Waals surface area contributed by atoms with Crippen LogP contribution in [-0.2, 0) is 0 Å². The van der Waals surface area contributed by atoms with Gasteiger partial charge in [0.05, 0.1) is 0 Å². The Morgan fingerprint density at radius 2 is 1.44 bits per heavy atom. The predicted molar refractivity (Wildman–Crippen MR) is 39.1 cm³/mol. The second-order valence-electron chi connectivity index (χ2n) is 2.31. The van der Waals surface area contributed by atoms with Crippen LogP contribution in [0.5, 0.6) is 0 Å². The molecular formula is C8H13N. The van der Waals surface area contributed by atoms with Crippen LogP contribution in [-0.4, -0.2) is 13.1 Å². The van der Waals surface area contributed by atoms with Crippen molar-refractivity contribution in [1.82, 2.24) is 5.32 Å². The summed E-state index contributed by atoms with van der Waals surface area (Å²) < 4.78 is 0. The van der Waals surface area contributed by atoms with Crippen LogP contribution in [0.3, 0.4) is 0 Å². The van der Waals surface area contributed by atoms with Crippen molar-refractivity contribution >= 4 is 0 Å². The maximum absolute atomic E-state index is 3.35. The molecule has 0 aromatic rings. The summed E-state index contributed by atoms with van der Waals surface area (Å²) in [6, 6.07) is 0. The summed E-state index contributed by atoms with van der Waals surface area (Å²) in [5.74, 6) is 6.27. The van der Waals surface area contributed by atoms with E-state index in [1.807, 2.05) is 0 Å². The fraction of sp³-hybridized carbons (Fsp3) is 0.750. The van der Waals surface area contributed by atoms with Crippen LogP contribution >= 0.6 is 0 Å². The summed E-state index contributed by atoms with van der Waals surface area (Å²) in [6.07, 6.45) is 4.58. The zero-order chi connectivity index (χ0) is 6.36. The molecule has 1 aliphatic rings. The lowest BCUT2D eigenvalue weighted by Gasteiger charge is -1.97. The van der Waals surface area contributed by atoms with E-state index in [1.54, 1.807) is 0 Å². The van der Waals surface area contributed by atoms with Gasteiger partial charge in [0, 0.05) is 12.8 Å². The van der Waals surface area contributed by atoms with E-state index in [9.17, 15) is 0 Å². The molecule has 0 spiro atoms. The van der Waals surface area contributed by atoms with E-state index in [2.05, 4.69) is 17.2 Å². The Kier molecular flexibility index (Phi) is 3.25. The molecule has 1 heterocycles. The number of rotatable bonds is 0. The minimum Gasteiger partial charge on any atom is -0.317 e. The first-order valence-corrected chi connectivity index (χ1v) is 3.66. The van der Waals surface area contributed by atoms with Gasteiger partial charge in [0.25, 0.3) is 0 Å². The monoisotopic (exact) mass is 123 g/mol. The van der Waals surface area contributed by atoms with Crippen LogP contribution in [0.1, 0.15) is 25.7 Å². The molecule has 9 heavy (non-hydrogen) atoms. The lowest BCUT2D eigenvalue weighted by Crippen LogP contribution is -2.15. The van der Waals surface area contributed by atoms with Gasteiger partial charge < -0.3 is 5.32 Å². The molecule has 1 aliphatic heterocycles. The van der Waals surface area contributed by atoms with E-state index in [0.717, 1.165) is 25.9 Å². The number of nitrogens with one attached hydrogen (secondary N) is 1. The average molecular weight is 123 g/mol. The second kappa shape index (κ2) is 4.40. The molecule has 50 valence electrons. The molecule has 0 radical (unpaired) electrons. The summed E-state index contributed by atoms with van der Waals surface area (Å²) in [4.78, 5) is 0. The summed E-state index contributed by atoms with van der Waals surface area (Å²) in [5, 5.41) is 3.35. The SMILES string of the molecule is C1#CCCCNCCC1. The summed E-state index contributed by atoms with van der Waals surface area (Å²) >= 11 is 0. The molecule has 0 aliphatic carbocycles. The van der Waals surface area contributed by atoms with Gasteiger partial charge in [0.2, 0.25) is 0 Å². The standard InChI is InChI=1S/C8H13N/c1-2-4-6-8-9-7-5-3-1/h9H,3-8H2. The van der Waals surface area contributed by atoms with Crippen molar-refractivity contribution in [2.24, 2.45) is 0 Å². The van der Waals surface area contributed by atoms with Gasteiger partial charge in [-0.25, -0.2) is 0 Å². The van der Waals surface area contributed by atoms with Crippen molar-refractivity contribution in [3.05, 3.63) is 0 Å². The van der Waals surface area contributed by atoms with Crippen LogP contribution < -0.4 is 5.32 Å². The highest BCUT2D eigenvalue weighted by molar-refractivity contribution is 4.99. The molecule has 0 amide bonds. The quantitative estimate of drug-likeness (QED) is 0.476. The molecule has 1 heteroatoms. The first-order valence-electron chi connectivity index (χ1n) is 3.66. The van der Waals surface area contributed by atoms with Crippen LogP contribution in [0.2, 0.25) is 0 Å². The number of hydrogen-bond acceptors (Lipinski definition) is 1. The van der Waals surface area contributed by atoms with Crippen molar-refractivity contribution in [2.75, 3.05) is 13.1 Å². The van der Waals surface area contributed by atoms with Crippen molar-refractivity contribution in [1.29, 1.82) is 0 Å². The van der Waals surface area contributed by atoms with E-state index in [0.29, 0.717) is 0 Å². The van der Waals surface area contributed by atoms with Gasteiger partial charge in [0.15, 0.2) is 0 Å². The molecule has 0 unspecified atom stereocenters. The maximum Gasteiger partial charge on any atom is 0.0101 e. The third-order valence-corrected chi connectivity index (χ3v) is 1.44. The van der Waals surface area contributed by atoms with Gasteiger partial charge in [-0.05, 0) is 25.9 Å². The fourth-order valence-corrected chi connectivity index (χ4v) is 0.905. The zero-order valence-corrected chi connectivity index (χ0v) is 5.74. The van der Waals surface area contributed by atoms with Crippen LogP contribution in [0.25, 0.3) is 0 Å². The maximum atomic E-state index is 3.35. The third kappa shape index (κ3) is 3.16. The van der Waals surface area contributed by atoms with Gasteiger partial charge in [0.1, 0.15) is 0 Å². The van der Waals surface area contributed by atoms with Crippen LogP contribution in [0.4, 0.5) is 0 Å². The number of hydrogen-bond donors (Lipinski definition) is 1. The van der Waals surface area contributed by atoms with E-state index in [-0.39, 0.29) is 0 Å². The Balaban J connectivity index is 2.19. The van der Waals surface area contributed by atoms with Crippen LogP contribution in [0.15, 0.2) is 0 Å². The van der Waals surface area contributed by atoms with E-state index >= 15 is 0 Å². The molecule has 0 bridgehead atoms. The lowest BCUT2D eigenvalue weighted by atomic mass is 10.3. The summed E-state index contributed by atoms with van der Waals surface area (Å²) in [5.41, 5.74) is 0. The minimum atomic E-state index is 1.08. The Hall–Kier alpha value is -0.480. The molecule has 0 fully saturated rings. The molecule has 1 nitrogen and oxygen atoms in total. The topological polar surface area (TPSA) is 12.0 Å². The van der Waals surface area contributed by atoms with Crippen molar-refractivity contribution in [3.8, 4) is 11.8 Å². The largest absolute Gasteiger partial charge is 0.317 e. The molecule has 0 aromatic heterocycles. The van der Waals surface area contributed by atoms with E-state index in [1.165, 1.54) is 12.8 Å². The molecule has 0 aromatic carbocycles. The highest BCUT2D eigenvalue weighted by Crippen LogP contribution is 1.90. The first-order chi connectivity index (χ1) is 4.50. The van der Waals surface area contributed by atoms with Crippen LogP contribution in [0, 0.1) is 11.8 Å². The summed E-state index contributed by atoms with van der Waals surface area (Å²) in [6.45, 7) is 2.30. The zero-order valence-electron chi connectivity index (χ0n) is 5.74. The predicted octanol–water partition coefficient (Wildman–Crippen LogP) is 1.15. The van der Waals surface area contributed by atoms with E-state index < -0.39 is 0 Å². The smallest absolute Gasteiger partial charge is 0.0101 e. The molecule has 0 atom stereocenters. The van der Waals surface area contributed by atoms with Gasteiger partial charge in [-0.2, -0.15) is 0 Å². The van der Waals surface area contributed by atoms with Crippen molar-refractivity contribution < 1.29 is 0 Å². The Labute approximate surface area is 56.8 Å². The third-order valence-electron chi connectivity index (χ3n) is 1.44. The minimum absolute atomic E-state index is 1.08. The highest BCUT2D eigenvalue weighted by Gasteiger charge is 1.88. The molecule has 0 saturated carbocycles. The highest BCUT2D eigenvalue weighted by atomic mass is 14.8. The summed E-state index contributed by atoms with van der Waals surface area (Å²) in [7, 11) is 0. The van der Waals surface area contributed by atoms with Gasteiger partial charge in [-0.3, -0.25) is 0 Å². The lowest BCUT2D eigenvalue weighted by molar-refractivity contribution is 0.641. The van der Waals surface area contributed by atoms with Gasteiger partial charge >= 0.3 is 0 Å². The Bertz CT molecular complexity index is 106. The van der Waals surface area contributed by atoms with Crippen molar-refractivity contribution in [2.45, 2.75) is 25.7 Å². The molecule has 1 N–H and O–H groups in total. The molecular weight excluding hydrogens is 110 g/mol. The van der Waals surface area contributed by atoms with Gasteiger partial charge in [-0.15, -0.1) is 11.8 Å². The molecule has 0 saturated heterocycles.